The minimum atomic E-state index is -0.198. The molecule has 0 radical (unpaired) electrons. The molecule has 0 fully saturated rings. The van der Waals surface area contributed by atoms with E-state index in [0.717, 1.165) is 29.2 Å². The summed E-state index contributed by atoms with van der Waals surface area (Å²) in [5.41, 5.74) is 2.09. The zero-order valence-corrected chi connectivity index (χ0v) is 14.0. The Labute approximate surface area is 135 Å². The smallest absolute Gasteiger partial charge is 0.191 e. The lowest BCUT2D eigenvalue weighted by Crippen LogP contribution is -2.38. The monoisotopic (exact) mass is 318 g/mol. The molecule has 23 heavy (non-hydrogen) atoms. The van der Waals surface area contributed by atoms with Crippen LogP contribution in [-0.2, 0) is 20.0 Å². The number of benzene rings is 1. The molecule has 0 amide bonds. The number of aliphatic imine (C=N–C) groups is 1. The maximum Gasteiger partial charge on any atom is 0.191 e. The minimum Gasteiger partial charge on any atom is -0.356 e. The molecule has 0 saturated heterocycles. The van der Waals surface area contributed by atoms with Crippen molar-refractivity contribution in [2.45, 2.75) is 26.8 Å². The molecule has 1 aromatic heterocycles. The molecule has 7 heteroatoms. The average molecular weight is 318 g/mol. The molecule has 0 aliphatic carbocycles. The van der Waals surface area contributed by atoms with Crippen LogP contribution >= 0.6 is 0 Å². The fourth-order valence-electron chi connectivity index (χ4n) is 2.24. The highest BCUT2D eigenvalue weighted by Crippen LogP contribution is 2.10. The van der Waals surface area contributed by atoms with Crippen LogP contribution < -0.4 is 10.6 Å². The largest absolute Gasteiger partial charge is 0.356 e. The summed E-state index contributed by atoms with van der Waals surface area (Å²) in [6.45, 7) is 5.09. The van der Waals surface area contributed by atoms with Crippen molar-refractivity contribution >= 4 is 5.96 Å². The molecule has 0 aliphatic rings. The topological polar surface area (TPSA) is 67.1 Å². The second-order valence-corrected chi connectivity index (χ2v) is 5.40. The number of hydrogen-bond acceptors (Lipinski definition) is 3. The van der Waals surface area contributed by atoms with E-state index in [0.29, 0.717) is 19.0 Å². The highest BCUT2D eigenvalue weighted by Gasteiger charge is 2.06. The first-order valence-corrected chi connectivity index (χ1v) is 7.55. The number of aryl methyl sites for hydroxylation is 2. The summed E-state index contributed by atoms with van der Waals surface area (Å²) < 4.78 is 15.0. The summed E-state index contributed by atoms with van der Waals surface area (Å²) in [7, 11) is 3.65. The predicted octanol–water partition coefficient (Wildman–Crippen LogP) is 1.48. The van der Waals surface area contributed by atoms with Gasteiger partial charge in [0, 0.05) is 20.6 Å². The van der Waals surface area contributed by atoms with Crippen molar-refractivity contribution in [3.8, 4) is 0 Å². The van der Waals surface area contributed by atoms with Crippen molar-refractivity contribution < 1.29 is 4.39 Å². The maximum atomic E-state index is 13.1. The summed E-state index contributed by atoms with van der Waals surface area (Å²) in [4.78, 5) is 4.18. The Hall–Kier alpha value is -2.44. The number of guanidine groups is 1. The molecule has 2 rings (SSSR count). The fraction of sp³-hybridized carbons (Fsp3) is 0.438. The Morgan fingerprint density at radius 2 is 2.04 bits per heavy atom. The second kappa shape index (κ2) is 7.71. The highest BCUT2D eigenvalue weighted by molar-refractivity contribution is 5.79. The van der Waals surface area contributed by atoms with E-state index in [1.54, 1.807) is 13.1 Å². The van der Waals surface area contributed by atoms with Crippen LogP contribution in [0.2, 0.25) is 0 Å². The summed E-state index contributed by atoms with van der Waals surface area (Å²) in [5, 5.41) is 14.6. The van der Waals surface area contributed by atoms with Gasteiger partial charge in [-0.05, 0) is 43.5 Å². The molecule has 1 aromatic carbocycles. The van der Waals surface area contributed by atoms with Crippen LogP contribution in [-0.4, -0.2) is 34.3 Å². The maximum absolute atomic E-state index is 13.1. The Bertz CT molecular complexity index is 692. The molecule has 0 bridgehead atoms. The summed E-state index contributed by atoms with van der Waals surface area (Å²) in [6.07, 6.45) is 0.801. The molecule has 6 nitrogen and oxygen atoms in total. The third-order valence-electron chi connectivity index (χ3n) is 3.81. The quantitative estimate of drug-likeness (QED) is 0.647. The van der Waals surface area contributed by atoms with Gasteiger partial charge in [0.15, 0.2) is 11.8 Å². The molecular formula is C16H23FN6. The zero-order valence-electron chi connectivity index (χ0n) is 14.0. The van der Waals surface area contributed by atoms with Crippen LogP contribution in [0.3, 0.4) is 0 Å². The first-order valence-electron chi connectivity index (χ1n) is 7.55. The van der Waals surface area contributed by atoms with E-state index in [-0.39, 0.29) is 5.82 Å². The van der Waals surface area contributed by atoms with Gasteiger partial charge in [0.2, 0.25) is 0 Å². The predicted molar refractivity (Wildman–Crippen MR) is 88.8 cm³/mol. The van der Waals surface area contributed by atoms with Gasteiger partial charge in [-0.1, -0.05) is 6.07 Å². The summed E-state index contributed by atoms with van der Waals surface area (Å²) >= 11 is 0. The molecule has 0 atom stereocenters. The van der Waals surface area contributed by atoms with E-state index >= 15 is 0 Å². The van der Waals surface area contributed by atoms with E-state index in [2.05, 4.69) is 25.8 Å². The molecule has 0 unspecified atom stereocenters. The van der Waals surface area contributed by atoms with Gasteiger partial charge in [-0.3, -0.25) is 4.99 Å². The van der Waals surface area contributed by atoms with Gasteiger partial charge in [0.05, 0.1) is 6.54 Å². The van der Waals surface area contributed by atoms with E-state index in [9.17, 15) is 4.39 Å². The fourth-order valence-corrected chi connectivity index (χ4v) is 2.24. The van der Waals surface area contributed by atoms with Crippen molar-refractivity contribution in [3.63, 3.8) is 0 Å². The molecule has 0 spiro atoms. The molecule has 1 heterocycles. The van der Waals surface area contributed by atoms with Gasteiger partial charge in [-0.25, -0.2) is 4.39 Å². The van der Waals surface area contributed by atoms with E-state index in [1.165, 1.54) is 6.07 Å². The van der Waals surface area contributed by atoms with Gasteiger partial charge in [0.1, 0.15) is 11.6 Å². The van der Waals surface area contributed by atoms with Crippen molar-refractivity contribution in [2.24, 2.45) is 12.0 Å². The van der Waals surface area contributed by atoms with Crippen molar-refractivity contribution in [1.29, 1.82) is 0 Å². The molecule has 2 N–H and O–H groups in total. The van der Waals surface area contributed by atoms with Crippen molar-refractivity contribution in [1.82, 2.24) is 25.4 Å². The molecule has 2 aromatic rings. The van der Waals surface area contributed by atoms with Crippen molar-refractivity contribution in [2.75, 3.05) is 13.6 Å². The van der Waals surface area contributed by atoms with Crippen LogP contribution in [0.1, 0.15) is 22.8 Å². The number of rotatable bonds is 5. The van der Waals surface area contributed by atoms with Gasteiger partial charge < -0.3 is 15.2 Å². The summed E-state index contributed by atoms with van der Waals surface area (Å²) in [5.74, 6) is 2.22. The normalized spacial score (nSPS) is 11.6. The highest BCUT2D eigenvalue weighted by atomic mass is 19.1. The molecule has 124 valence electrons. The zero-order chi connectivity index (χ0) is 16.8. The van der Waals surface area contributed by atoms with E-state index in [4.69, 9.17) is 0 Å². The van der Waals surface area contributed by atoms with Crippen LogP contribution in [0.25, 0.3) is 0 Å². The van der Waals surface area contributed by atoms with Gasteiger partial charge in [0.25, 0.3) is 0 Å². The first-order chi connectivity index (χ1) is 11.0. The van der Waals surface area contributed by atoms with E-state index in [1.807, 2.05) is 31.5 Å². The Balaban J connectivity index is 1.82. The van der Waals surface area contributed by atoms with Crippen molar-refractivity contribution in [3.05, 3.63) is 46.8 Å². The average Bonchev–Trinajstić information content (AvgIpc) is 2.84. The molecule has 0 aliphatic heterocycles. The number of aromatic nitrogens is 3. The standard InChI is InChI=1S/C16H23FN6/c1-11-9-14(17)6-5-13(11)7-8-19-16(18-3)20-10-15-22-21-12(2)23(15)4/h5-6,9H,7-8,10H2,1-4H3,(H2,18,19,20). The molecular weight excluding hydrogens is 295 g/mol. The minimum absolute atomic E-state index is 0.198. The third-order valence-corrected chi connectivity index (χ3v) is 3.81. The number of halogens is 1. The summed E-state index contributed by atoms with van der Waals surface area (Å²) in [6, 6.07) is 4.87. The van der Waals surface area contributed by atoms with Crippen LogP contribution in [0.15, 0.2) is 23.2 Å². The van der Waals surface area contributed by atoms with Gasteiger partial charge >= 0.3 is 0 Å². The van der Waals surface area contributed by atoms with Crippen LogP contribution in [0, 0.1) is 19.7 Å². The lowest BCUT2D eigenvalue weighted by molar-refractivity contribution is 0.625. The Morgan fingerprint density at radius 1 is 1.26 bits per heavy atom. The number of hydrogen-bond donors (Lipinski definition) is 2. The lowest BCUT2D eigenvalue weighted by atomic mass is 10.1. The second-order valence-electron chi connectivity index (χ2n) is 5.40. The van der Waals surface area contributed by atoms with Crippen LogP contribution in [0.5, 0.6) is 0 Å². The Kier molecular flexibility index (Phi) is 5.67. The van der Waals surface area contributed by atoms with Gasteiger partial charge in [-0.15, -0.1) is 10.2 Å². The van der Waals surface area contributed by atoms with Gasteiger partial charge in [-0.2, -0.15) is 0 Å². The molecule has 0 saturated carbocycles. The number of nitrogens with one attached hydrogen (secondary N) is 2. The van der Waals surface area contributed by atoms with Crippen LogP contribution in [0.4, 0.5) is 4.39 Å². The first kappa shape index (κ1) is 16.9. The number of nitrogens with zero attached hydrogens (tertiary/aromatic N) is 4. The lowest BCUT2D eigenvalue weighted by Gasteiger charge is -2.12. The third kappa shape index (κ3) is 4.51. The van der Waals surface area contributed by atoms with E-state index < -0.39 is 0 Å². The SMILES string of the molecule is CN=C(NCCc1ccc(F)cc1C)NCc1nnc(C)n1C. The Morgan fingerprint density at radius 3 is 2.65 bits per heavy atom.